The summed E-state index contributed by atoms with van der Waals surface area (Å²) in [5.74, 6) is 1.36. The highest BCUT2D eigenvalue weighted by molar-refractivity contribution is 5.91. The van der Waals surface area contributed by atoms with Crippen molar-refractivity contribution in [1.29, 1.82) is 0 Å². The standard InChI is InChI=1S/C16H28N4O2/c1-5-19(11-16(3,4)22)10-15(21)18-14-8-9-17-20(14)12(2)13-6-7-13/h8-9,12-13,22H,5-7,10-11H2,1-4H3,(H,18,21). The zero-order chi connectivity index (χ0) is 16.3. The van der Waals surface area contributed by atoms with Gasteiger partial charge >= 0.3 is 0 Å². The summed E-state index contributed by atoms with van der Waals surface area (Å²) in [4.78, 5) is 14.2. The monoisotopic (exact) mass is 308 g/mol. The Morgan fingerprint density at radius 3 is 2.82 bits per heavy atom. The minimum absolute atomic E-state index is 0.0733. The zero-order valence-corrected chi connectivity index (χ0v) is 14.0. The van der Waals surface area contributed by atoms with Gasteiger partial charge in [-0.1, -0.05) is 6.92 Å². The number of aromatic nitrogens is 2. The van der Waals surface area contributed by atoms with Gasteiger partial charge in [-0.05, 0) is 46.1 Å². The van der Waals surface area contributed by atoms with E-state index in [2.05, 4.69) is 17.3 Å². The normalized spacial score (nSPS) is 16.8. The first kappa shape index (κ1) is 17.0. The molecule has 0 aliphatic heterocycles. The highest BCUT2D eigenvalue weighted by atomic mass is 16.3. The van der Waals surface area contributed by atoms with Crippen LogP contribution in [0, 0.1) is 5.92 Å². The Kier molecular flexibility index (Phi) is 5.24. The Hall–Kier alpha value is -1.40. The molecule has 1 aromatic rings. The van der Waals surface area contributed by atoms with Crippen molar-refractivity contribution in [3.8, 4) is 0 Å². The fourth-order valence-electron chi connectivity index (χ4n) is 2.73. The van der Waals surface area contributed by atoms with Crippen LogP contribution in [0.1, 0.15) is 46.6 Å². The minimum Gasteiger partial charge on any atom is -0.389 e. The van der Waals surface area contributed by atoms with Gasteiger partial charge in [0.1, 0.15) is 5.82 Å². The molecule has 2 rings (SSSR count). The zero-order valence-electron chi connectivity index (χ0n) is 14.0. The molecule has 2 N–H and O–H groups in total. The first-order valence-corrected chi connectivity index (χ1v) is 8.08. The van der Waals surface area contributed by atoms with E-state index in [4.69, 9.17) is 0 Å². The second-order valence-electron chi connectivity index (χ2n) is 6.90. The molecular weight excluding hydrogens is 280 g/mol. The molecule has 124 valence electrons. The summed E-state index contributed by atoms with van der Waals surface area (Å²) < 4.78 is 1.90. The molecule has 0 spiro atoms. The van der Waals surface area contributed by atoms with Crippen molar-refractivity contribution in [2.24, 2.45) is 5.92 Å². The average molecular weight is 308 g/mol. The molecular formula is C16H28N4O2. The lowest BCUT2D eigenvalue weighted by Crippen LogP contribution is -2.42. The van der Waals surface area contributed by atoms with E-state index in [1.54, 1.807) is 20.0 Å². The average Bonchev–Trinajstić information content (AvgIpc) is 3.16. The number of hydrogen-bond donors (Lipinski definition) is 2. The van der Waals surface area contributed by atoms with Gasteiger partial charge in [-0.3, -0.25) is 9.69 Å². The van der Waals surface area contributed by atoms with Crippen LogP contribution in [0.25, 0.3) is 0 Å². The number of aliphatic hydroxyl groups is 1. The van der Waals surface area contributed by atoms with Gasteiger partial charge in [0.25, 0.3) is 0 Å². The van der Waals surface area contributed by atoms with Crippen LogP contribution in [0.5, 0.6) is 0 Å². The van der Waals surface area contributed by atoms with Gasteiger partial charge in [-0.25, -0.2) is 4.68 Å². The number of anilines is 1. The third kappa shape index (κ3) is 4.81. The summed E-state index contributed by atoms with van der Waals surface area (Å²) in [6.45, 7) is 9.08. The lowest BCUT2D eigenvalue weighted by Gasteiger charge is -2.27. The van der Waals surface area contributed by atoms with Crippen LogP contribution in [0.2, 0.25) is 0 Å². The summed E-state index contributed by atoms with van der Waals surface area (Å²) in [7, 11) is 0. The van der Waals surface area contributed by atoms with Gasteiger partial charge < -0.3 is 10.4 Å². The van der Waals surface area contributed by atoms with Crippen LogP contribution in [-0.4, -0.2) is 50.9 Å². The van der Waals surface area contributed by atoms with E-state index in [9.17, 15) is 9.90 Å². The largest absolute Gasteiger partial charge is 0.389 e. The number of nitrogens with one attached hydrogen (secondary N) is 1. The Labute approximate surface area is 132 Å². The van der Waals surface area contributed by atoms with Crippen molar-refractivity contribution in [2.45, 2.75) is 52.2 Å². The van der Waals surface area contributed by atoms with Crippen molar-refractivity contribution in [2.75, 3.05) is 25.0 Å². The fraction of sp³-hybridized carbons (Fsp3) is 0.750. The predicted molar refractivity (Wildman–Crippen MR) is 86.7 cm³/mol. The van der Waals surface area contributed by atoms with Crippen LogP contribution in [-0.2, 0) is 4.79 Å². The van der Waals surface area contributed by atoms with Gasteiger partial charge in [0.2, 0.25) is 5.91 Å². The predicted octanol–water partition coefficient (Wildman–Crippen LogP) is 1.89. The van der Waals surface area contributed by atoms with Crippen molar-refractivity contribution < 1.29 is 9.90 Å². The van der Waals surface area contributed by atoms with E-state index in [0.29, 0.717) is 18.5 Å². The molecule has 1 unspecified atom stereocenters. The van der Waals surface area contributed by atoms with E-state index >= 15 is 0 Å². The van der Waals surface area contributed by atoms with Crippen molar-refractivity contribution in [3.63, 3.8) is 0 Å². The van der Waals surface area contributed by atoms with Crippen LogP contribution in [0.3, 0.4) is 0 Å². The third-order valence-electron chi connectivity index (χ3n) is 4.05. The molecule has 1 aromatic heterocycles. The van der Waals surface area contributed by atoms with Gasteiger partial charge in [0, 0.05) is 12.6 Å². The number of nitrogens with zero attached hydrogens (tertiary/aromatic N) is 3. The molecule has 0 radical (unpaired) electrons. The summed E-state index contributed by atoms with van der Waals surface area (Å²) >= 11 is 0. The van der Waals surface area contributed by atoms with E-state index in [0.717, 1.165) is 12.4 Å². The Morgan fingerprint density at radius 2 is 2.27 bits per heavy atom. The maximum Gasteiger partial charge on any atom is 0.239 e. The van der Waals surface area contributed by atoms with Crippen molar-refractivity contribution in [1.82, 2.24) is 14.7 Å². The summed E-state index contributed by atoms with van der Waals surface area (Å²) in [5.41, 5.74) is -0.807. The van der Waals surface area contributed by atoms with E-state index in [1.807, 2.05) is 22.6 Å². The highest BCUT2D eigenvalue weighted by Gasteiger charge is 2.30. The molecule has 6 nitrogen and oxygen atoms in total. The molecule has 1 aliphatic carbocycles. The lowest BCUT2D eigenvalue weighted by atomic mass is 10.1. The van der Waals surface area contributed by atoms with E-state index < -0.39 is 5.60 Å². The Balaban J connectivity index is 1.93. The van der Waals surface area contributed by atoms with Crippen molar-refractivity contribution in [3.05, 3.63) is 12.3 Å². The molecule has 22 heavy (non-hydrogen) atoms. The number of likely N-dealkylation sites (N-methyl/N-ethyl adjacent to an activating group) is 1. The Morgan fingerprint density at radius 1 is 1.59 bits per heavy atom. The molecule has 1 amide bonds. The second kappa shape index (κ2) is 6.79. The van der Waals surface area contributed by atoms with E-state index in [1.165, 1.54) is 12.8 Å². The number of amides is 1. The maximum absolute atomic E-state index is 12.3. The molecule has 1 heterocycles. The number of carbonyl (C=O) groups is 1. The minimum atomic E-state index is -0.807. The molecule has 0 saturated heterocycles. The highest BCUT2D eigenvalue weighted by Crippen LogP contribution is 2.40. The Bertz CT molecular complexity index is 502. The number of rotatable bonds is 8. The maximum atomic E-state index is 12.3. The van der Waals surface area contributed by atoms with Gasteiger partial charge in [-0.15, -0.1) is 0 Å². The number of hydrogen-bond acceptors (Lipinski definition) is 4. The topological polar surface area (TPSA) is 70.4 Å². The summed E-state index contributed by atoms with van der Waals surface area (Å²) in [6, 6.07) is 2.16. The molecule has 1 aliphatic rings. The van der Waals surface area contributed by atoms with Crippen LogP contribution < -0.4 is 5.32 Å². The van der Waals surface area contributed by atoms with Gasteiger partial charge in [0.05, 0.1) is 24.4 Å². The first-order valence-electron chi connectivity index (χ1n) is 8.08. The third-order valence-corrected chi connectivity index (χ3v) is 4.05. The number of carbonyl (C=O) groups excluding carboxylic acids is 1. The fourth-order valence-corrected chi connectivity index (χ4v) is 2.73. The molecule has 1 fully saturated rings. The van der Waals surface area contributed by atoms with Crippen LogP contribution in [0.15, 0.2) is 12.3 Å². The summed E-state index contributed by atoms with van der Waals surface area (Å²) in [5, 5.41) is 17.2. The van der Waals surface area contributed by atoms with Crippen LogP contribution >= 0.6 is 0 Å². The quantitative estimate of drug-likeness (QED) is 0.769. The first-order chi connectivity index (χ1) is 10.3. The summed E-state index contributed by atoms with van der Waals surface area (Å²) in [6.07, 6.45) is 4.20. The lowest BCUT2D eigenvalue weighted by molar-refractivity contribution is -0.117. The molecule has 0 aromatic carbocycles. The molecule has 6 heteroatoms. The SMILES string of the molecule is CCN(CC(=O)Nc1ccnn1C(C)C1CC1)CC(C)(C)O. The molecule has 1 saturated carbocycles. The molecule has 1 atom stereocenters. The second-order valence-corrected chi connectivity index (χ2v) is 6.90. The van der Waals surface area contributed by atoms with E-state index in [-0.39, 0.29) is 12.5 Å². The van der Waals surface area contributed by atoms with Crippen LogP contribution in [0.4, 0.5) is 5.82 Å². The van der Waals surface area contributed by atoms with Gasteiger partial charge in [-0.2, -0.15) is 5.10 Å². The molecule has 0 bridgehead atoms. The van der Waals surface area contributed by atoms with Crippen molar-refractivity contribution >= 4 is 11.7 Å². The smallest absolute Gasteiger partial charge is 0.239 e. The van der Waals surface area contributed by atoms with Gasteiger partial charge in [0.15, 0.2) is 0 Å².